The number of nitrogens with zero attached hydrogens (tertiary/aromatic N) is 1. The zero-order valence-corrected chi connectivity index (χ0v) is 12.9. The van der Waals surface area contributed by atoms with E-state index in [4.69, 9.17) is 0 Å². The Kier molecular flexibility index (Phi) is 8.76. The lowest BCUT2D eigenvalue weighted by Gasteiger charge is -2.31. The molecule has 0 aromatic carbocycles. The maximum absolute atomic E-state index is 12.4. The first kappa shape index (κ1) is 18.2. The van der Waals surface area contributed by atoms with Gasteiger partial charge < -0.3 is 15.5 Å². The number of hydrogen-bond acceptors (Lipinski definition) is 3. The van der Waals surface area contributed by atoms with Gasteiger partial charge in [-0.25, -0.2) is 0 Å². The van der Waals surface area contributed by atoms with Crippen molar-refractivity contribution in [2.24, 2.45) is 5.92 Å². The van der Waals surface area contributed by atoms with E-state index in [1.54, 1.807) is 11.9 Å². The summed E-state index contributed by atoms with van der Waals surface area (Å²) in [6.45, 7) is 5.85. The molecule has 5 nitrogen and oxygen atoms in total. The van der Waals surface area contributed by atoms with Gasteiger partial charge in [-0.05, 0) is 32.7 Å². The Morgan fingerprint density at radius 1 is 1.42 bits per heavy atom. The van der Waals surface area contributed by atoms with Gasteiger partial charge in [0.05, 0.1) is 6.54 Å². The molecule has 1 aliphatic heterocycles. The van der Waals surface area contributed by atoms with Gasteiger partial charge in [-0.2, -0.15) is 0 Å². The van der Waals surface area contributed by atoms with E-state index in [9.17, 15) is 9.59 Å². The monoisotopic (exact) mass is 291 g/mol. The van der Waals surface area contributed by atoms with Crippen LogP contribution in [-0.2, 0) is 9.59 Å². The number of hydrogen-bond donors (Lipinski definition) is 2. The second kappa shape index (κ2) is 9.15. The summed E-state index contributed by atoms with van der Waals surface area (Å²) in [7, 11) is 1.60. The molecule has 1 fully saturated rings. The van der Waals surface area contributed by atoms with Crippen LogP contribution in [0.4, 0.5) is 0 Å². The fourth-order valence-electron chi connectivity index (χ4n) is 2.40. The topological polar surface area (TPSA) is 61.4 Å². The molecule has 6 heteroatoms. The molecule has 0 aromatic rings. The predicted octanol–water partition coefficient (Wildman–Crippen LogP) is 0.781. The van der Waals surface area contributed by atoms with Gasteiger partial charge >= 0.3 is 0 Å². The summed E-state index contributed by atoms with van der Waals surface area (Å²) in [5.74, 6) is 0.102. The van der Waals surface area contributed by atoms with Gasteiger partial charge in [-0.1, -0.05) is 6.92 Å². The van der Waals surface area contributed by atoms with Gasteiger partial charge in [0.2, 0.25) is 11.8 Å². The van der Waals surface area contributed by atoms with Crippen LogP contribution in [0.3, 0.4) is 0 Å². The van der Waals surface area contributed by atoms with Crippen LogP contribution in [0.5, 0.6) is 0 Å². The third-order valence-electron chi connectivity index (χ3n) is 3.39. The molecular weight excluding hydrogens is 266 g/mol. The van der Waals surface area contributed by atoms with Gasteiger partial charge in [0.25, 0.3) is 0 Å². The number of piperidine rings is 1. The molecule has 2 N–H and O–H groups in total. The fourth-order valence-corrected chi connectivity index (χ4v) is 2.40. The van der Waals surface area contributed by atoms with E-state index in [1.807, 2.05) is 6.92 Å². The molecule has 19 heavy (non-hydrogen) atoms. The smallest absolute Gasteiger partial charge is 0.239 e. The average molecular weight is 292 g/mol. The summed E-state index contributed by atoms with van der Waals surface area (Å²) in [6.07, 6.45) is 2.62. The molecule has 1 rings (SSSR count). The van der Waals surface area contributed by atoms with E-state index in [2.05, 4.69) is 17.6 Å². The minimum Gasteiger partial charge on any atom is -0.358 e. The molecule has 0 unspecified atom stereocenters. The van der Waals surface area contributed by atoms with Crippen LogP contribution in [0, 0.1) is 5.92 Å². The van der Waals surface area contributed by atoms with E-state index >= 15 is 0 Å². The lowest BCUT2D eigenvalue weighted by atomic mass is 9.92. The third-order valence-corrected chi connectivity index (χ3v) is 3.39. The Hall–Kier alpha value is -0.810. The maximum atomic E-state index is 12.4. The zero-order chi connectivity index (χ0) is 13.5. The lowest BCUT2D eigenvalue weighted by molar-refractivity contribution is -0.140. The Morgan fingerprint density at radius 3 is 2.63 bits per heavy atom. The fraction of sp³-hybridized carbons (Fsp3) is 0.846. The molecule has 1 heterocycles. The van der Waals surface area contributed by atoms with Crippen LogP contribution in [0.25, 0.3) is 0 Å². The van der Waals surface area contributed by atoms with Crippen molar-refractivity contribution < 1.29 is 9.59 Å². The second-order valence-electron chi connectivity index (χ2n) is 5.01. The molecule has 2 atom stereocenters. The summed E-state index contributed by atoms with van der Waals surface area (Å²) in [5.41, 5.74) is 0. The van der Waals surface area contributed by atoms with Crippen LogP contribution < -0.4 is 10.6 Å². The lowest BCUT2D eigenvalue weighted by Crippen LogP contribution is -2.47. The van der Waals surface area contributed by atoms with Crippen molar-refractivity contribution in [3.63, 3.8) is 0 Å². The van der Waals surface area contributed by atoms with Crippen LogP contribution >= 0.6 is 12.4 Å². The number of carbonyl (C=O) groups excluding carboxylic acids is 2. The van der Waals surface area contributed by atoms with Crippen molar-refractivity contribution in [3.05, 3.63) is 0 Å². The first-order chi connectivity index (χ1) is 8.58. The van der Waals surface area contributed by atoms with Gasteiger partial charge in [0, 0.05) is 25.6 Å². The van der Waals surface area contributed by atoms with Crippen molar-refractivity contribution in [3.8, 4) is 0 Å². The second-order valence-corrected chi connectivity index (χ2v) is 5.01. The first-order valence-corrected chi connectivity index (χ1v) is 6.81. The average Bonchev–Trinajstić information content (AvgIpc) is 2.37. The van der Waals surface area contributed by atoms with Gasteiger partial charge in [-0.3, -0.25) is 9.59 Å². The quantitative estimate of drug-likeness (QED) is 0.787. The van der Waals surface area contributed by atoms with E-state index in [1.165, 1.54) is 0 Å². The largest absolute Gasteiger partial charge is 0.358 e. The van der Waals surface area contributed by atoms with E-state index in [0.717, 1.165) is 25.8 Å². The van der Waals surface area contributed by atoms with Crippen molar-refractivity contribution in [1.29, 1.82) is 0 Å². The van der Waals surface area contributed by atoms with E-state index in [0.29, 0.717) is 12.6 Å². The summed E-state index contributed by atoms with van der Waals surface area (Å²) >= 11 is 0. The maximum Gasteiger partial charge on any atom is 0.239 e. The molecule has 0 aliphatic carbocycles. The minimum absolute atomic E-state index is 0. The van der Waals surface area contributed by atoms with Crippen LogP contribution in [0.2, 0.25) is 0 Å². The zero-order valence-electron chi connectivity index (χ0n) is 12.1. The summed E-state index contributed by atoms with van der Waals surface area (Å²) in [5, 5.41) is 5.91. The van der Waals surface area contributed by atoms with Crippen molar-refractivity contribution >= 4 is 24.2 Å². The normalized spacial score (nSPS) is 22.3. The molecule has 0 bridgehead atoms. The molecule has 1 saturated heterocycles. The highest BCUT2D eigenvalue weighted by atomic mass is 35.5. The van der Waals surface area contributed by atoms with Crippen LogP contribution in [-0.4, -0.2) is 49.4 Å². The predicted molar refractivity (Wildman–Crippen MR) is 78.4 cm³/mol. The highest BCUT2D eigenvalue weighted by molar-refractivity contribution is 5.86. The van der Waals surface area contributed by atoms with Crippen molar-refractivity contribution in [2.75, 3.05) is 26.7 Å². The number of amides is 2. The third kappa shape index (κ3) is 5.78. The van der Waals surface area contributed by atoms with Gasteiger partial charge in [-0.15, -0.1) is 12.4 Å². The van der Waals surface area contributed by atoms with Gasteiger partial charge in [0.1, 0.15) is 0 Å². The number of rotatable bonds is 5. The number of carbonyl (C=O) groups is 2. The molecule has 0 aromatic heterocycles. The highest BCUT2D eigenvalue weighted by Gasteiger charge is 2.28. The Morgan fingerprint density at radius 2 is 2.11 bits per heavy atom. The summed E-state index contributed by atoms with van der Waals surface area (Å²) < 4.78 is 0. The van der Waals surface area contributed by atoms with Crippen molar-refractivity contribution in [1.82, 2.24) is 15.5 Å². The summed E-state index contributed by atoms with van der Waals surface area (Å²) in [6, 6.07) is 0.385. The number of likely N-dealkylation sites (N-methyl/N-ethyl adjacent to an activating group) is 1. The molecular formula is C13H26ClN3O2. The molecule has 1 aliphatic rings. The molecule has 112 valence electrons. The van der Waals surface area contributed by atoms with E-state index in [-0.39, 0.29) is 36.7 Å². The van der Waals surface area contributed by atoms with E-state index < -0.39 is 0 Å². The Labute approximate surface area is 121 Å². The SMILES string of the molecule is CCCN(CC(=O)NC)C(=O)[C@H]1CCN[C@@H](C)C1.Cl. The highest BCUT2D eigenvalue weighted by Crippen LogP contribution is 2.18. The summed E-state index contributed by atoms with van der Waals surface area (Å²) in [4.78, 5) is 25.5. The molecule has 2 amide bonds. The van der Waals surface area contributed by atoms with Crippen LogP contribution in [0.15, 0.2) is 0 Å². The molecule has 0 radical (unpaired) electrons. The standard InChI is InChI=1S/C13H25N3O2.ClH/c1-4-7-16(9-12(17)14-3)13(18)11-5-6-15-10(2)8-11;/h10-11,15H,4-9H2,1-3H3,(H,14,17);1H/t10-,11-;/m0./s1. The van der Waals surface area contributed by atoms with Gasteiger partial charge in [0.15, 0.2) is 0 Å². The number of halogens is 1. The van der Waals surface area contributed by atoms with Crippen molar-refractivity contribution in [2.45, 2.75) is 39.2 Å². The number of nitrogens with one attached hydrogen (secondary N) is 2. The first-order valence-electron chi connectivity index (χ1n) is 6.81. The van der Waals surface area contributed by atoms with Crippen LogP contribution in [0.1, 0.15) is 33.1 Å². The molecule has 0 saturated carbocycles. The Balaban J connectivity index is 0.00000324. The Bertz CT molecular complexity index is 300. The minimum atomic E-state index is -0.0983. The molecule has 0 spiro atoms.